The maximum atomic E-state index is 12.5. The Hall–Kier alpha value is -12.2. The lowest BCUT2D eigenvalue weighted by Crippen LogP contribution is -2.13. The maximum Gasteiger partial charge on any atom is 0.346 e. The van der Waals surface area contributed by atoms with E-state index in [4.69, 9.17) is 28.4 Å². The quantitative estimate of drug-likeness (QED) is 0.0287. The maximum absolute atomic E-state index is 12.5. The molecule has 22 nitrogen and oxygen atoms in total. The predicted octanol–water partition coefficient (Wildman–Crippen LogP) is 8.86. The van der Waals surface area contributed by atoms with Crippen molar-refractivity contribution in [2.45, 2.75) is 0 Å². The molecule has 0 N–H and O–H groups in total. The average Bonchev–Trinajstić information content (AvgIpc) is 3.23. The van der Waals surface area contributed by atoms with Crippen molar-refractivity contribution >= 4 is 71.6 Å². The van der Waals surface area contributed by atoms with Gasteiger partial charge in [0.05, 0.1) is 66.8 Å². The molecule has 8 aromatic carbocycles. The van der Waals surface area contributed by atoms with Crippen molar-refractivity contribution < 1.29 is 105 Å². The zero-order valence-electron chi connectivity index (χ0n) is 44.0. The molecule has 4 aliphatic rings. The number of hydrogen-bond acceptors (Lipinski definition) is 22. The van der Waals surface area contributed by atoms with Crippen molar-refractivity contribution in [3.8, 4) is 45.3 Å². The Morgan fingerprint density at radius 3 is 0.756 bits per heavy atom. The second kappa shape index (κ2) is 23.7. The Balaban J connectivity index is 0.000000180. The molecule has 0 fully saturated rings. The standard InChI is InChI=1S/C34H22O12.C30H14O10/c35-29(21-5-11-25-27(17-21)33(39)45-31(25)37)43-15-13-41-23-7-1-19(2-8-23)20-3-9-24(10-4-20)42-14-16-44-30(36)22-6-12-26-28(18-22)34(40)46-32(26)38;31-25(17-5-11-21-23(13-17)29(35)39-27(21)33)37-19-7-1-15(2-8-19)16-3-9-20(10-4-16)38-26(32)18-6-12-22-24(14-18)30(36)40-28(22)34/h1-12,17-18H,13-16H2;1-14H. The Morgan fingerprint density at radius 2 is 0.488 bits per heavy atom. The first-order valence-corrected chi connectivity index (χ1v) is 25.6. The van der Waals surface area contributed by atoms with Crippen LogP contribution in [0.2, 0.25) is 0 Å². The van der Waals surface area contributed by atoms with Crippen LogP contribution >= 0.6 is 0 Å². The molecule has 0 bridgehead atoms. The topological polar surface area (TPSA) is 297 Å². The van der Waals surface area contributed by atoms with Crippen LogP contribution in [0.4, 0.5) is 0 Å². The molecule has 0 unspecified atom stereocenters. The highest BCUT2D eigenvalue weighted by atomic mass is 16.6. The number of hydrogen-bond donors (Lipinski definition) is 0. The van der Waals surface area contributed by atoms with E-state index in [0.717, 1.165) is 22.3 Å². The number of cyclic esters (lactones) is 8. The molecule has 0 saturated carbocycles. The third-order valence-electron chi connectivity index (χ3n) is 13.2. The minimum Gasteiger partial charge on any atom is -0.490 e. The van der Waals surface area contributed by atoms with Crippen LogP contribution in [-0.4, -0.2) is 98.1 Å². The Bertz CT molecular complexity index is 3950. The number of benzene rings is 8. The van der Waals surface area contributed by atoms with E-state index in [1.807, 2.05) is 24.3 Å². The van der Waals surface area contributed by atoms with E-state index >= 15 is 0 Å². The van der Waals surface area contributed by atoms with Gasteiger partial charge in [0.15, 0.2) is 0 Å². The van der Waals surface area contributed by atoms with Gasteiger partial charge in [0.25, 0.3) is 0 Å². The SMILES string of the molecule is O=C(OCCOc1ccc(-c2ccc(OCCOC(=O)c3ccc4c(c3)C(=O)OC4=O)cc2)cc1)c1ccc2c(c1)C(=O)OC2=O.O=C(Oc1ccc(-c2ccc(OC(=O)c3ccc4c(c3)C(=O)OC4=O)cc2)cc1)c1ccc2c(c1)C(=O)OC2=O. The highest BCUT2D eigenvalue weighted by Gasteiger charge is 2.34. The lowest BCUT2D eigenvalue weighted by atomic mass is 10.0. The number of carbonyl (C=O) groups excluding carboxylic acids is 12. The molecule has 0 spiro atoms. The van der Waals surface area contributed by atoms with E-state index < -0.39 is 71.6 Å². The lowest BCUT2D eigenvalue weighted by molar-refractivity contribution is 0.0424. The van der Waals surface area contributed by atoms with Gasteiger partial charge >= 0.3 is 71.6 Å². The van der Waals surface area contributed by atoms with Gasteiger partial charge in [0.2, 0.25) is 0 Å². The van der Waals surface area contributed by atoms with Crippen molar-refractivity contribution in [3.05, 3.63) is 237 Å². The second-order valence-corrected chi connectivity index (χ2v) is 18.6. The molecule has 0 radical (unpaired) electrons. The molecule has 4 heterocycles. The molecule has 86 heavy (non-hydrogen) atoms. The van der Waals surface area contributed by atoms with E-state index in [1.54, 1.807) is 72.8 Å². The molecule has 0 aliphatic carbocycles. The van der Waals surface area contributed by atoms with Crippen LogP contribution in [0.15, 0.2) is 170 Å². The van der Waals surface area contributed by atoms with Gasteiger partial charge in [-0.15, -0.1) is 0 Å². The van der Waals surface area contributed by atoms with Gasteiger partial charge in [0.1, 0.15) is 49.4 Å². The summed E-state index contributed by atoms with van der Waals surface area (Å²) < 4.78 is 50.6. The van der Waals surface area contributed by atoms with Crippen LogP contribution in [-0.2, 0) is 28.4 Å². The molecule has 22 heteroatoms. The summed E-state index contributed by atoms with van der Waals surface area (Å²) in [5, 5.41) is 0. The van der Waals surface area contributed by atoms with Crippen LogP contribution in [0.3, 0.4) is 0 Å². The largest absolute Gasteiger partial charge is 0.490 e. The van der Waals surface area contributed by atoms with Gasteiger partial charge in [-0.25, -0.2) is 57.5 Å². The minimum atomic E-state index is -0.813. The van der Waals surface area contributed by atoms with Gasteiger partial charge in [0, 0.05) is 0 Å². The summed E-state index contributed by atoms with van der Waals surface area (Å²) in [5.74, 6) is -7.30. The average molecular weight is 1160 g/mol. The fourth-order valence-electron chi connectivity index (χ4n) is 8.85. The first-order valence-electron chi connectivity index (χ1n) is 25.6. The van der Waals surface area contributed by atoms with Gasteiger partial charge < -0.3 is 47.4 Å². The Labute approximate surface area is 483 Å². The van der Waals surface area contributed by atoms with Crippen LogP contribution in [0.5, 0.6) is 23.0 Å². The number of esters is 12. The van der Waals surface area contributed by atoms with Crippen molar-refractivity contribution in [2.75, 3.05) is 26.4 Å². The van der Waals surface area contributed by atoms with Crippen molar-refractivity contribution in [1.29, 1.82) is 0 Å². The monoisotopic (exact) mass is 1160 g/mol. The molecule has 12 rings (SSSR count). The normalized spacial score (nSPS) is 13.1. The lowest BCUT2D eigenvalue weighted by Gasteiger charge is -2.10. The van der Waals surface area contributed by atoms with Crippen LogP contribution in [0.1, 0.15) is 124 Å². The zero-order valence-corrected chi connectivity index (χ0v) is 44.0. The van der Waals surface area contributed by atoms with Gasteiger partial charge in [-0.1, -0.05) is 48.5 Å². The molecule has 0 atom stereocenters. The van der Waals surface area contributed by atoms with Crippen molar-refractivity contribution in [2.24, 2.45) is 0 Å². The molecule has 4 aliphatic heterocycles. The van der Waals surface area contributed by atoms with Crippen molar-refractivity contribution in [1.82, 2.24) is 0 Å². The summed E-state index contributed by atoms with van der Waals surface area (Å²) in [7, 11) is 0. The summed E-state index contributed by atoms with van der Waals surface area (Å²) in [5.41, 5.74) is 4.35. The van der Waals surface area contributed by atoms with E-state index in [0.29, 0.717) is 11.5 Å². The van der Waals surface area contributed by atoms with Crippen LogP contribution in [0, 0.1) is 0 Å². The van der Waals surface area contributed by atoms with E-state index in [2.05, 4.69) is 18.9 Å². The number of ether oxygens (including phenoxy) is 10. The fourth-order valence-corrected chi connectivity index (χ4v) is 8.85. The summed E-state index contributed by atoms with van der Waals surface area (Å²) in [6, 6.07) is 43.9. The summed E-state index contributed by atoms with van der Waals surface area (Å²) in [6.45, 7) is 0.129. The molecule has 8 aromatic rings. The van der Waals surface area contributed by atoms with Gasteiger partial charge in [-0.05, 0) is 144 Å². The summed E-state index contributed by atoms with van der Waals surface area (Å²) in [6.07, 6.45) is 0. The second-order valence-electron chi connectivity index (χ2n) is 18.6. The predicted molar refractivity (Wildman–Crippen MR) is 290 cm³/mol. The highest BCUT2D eigenvalue weighted by Crippen LogP contribution is 2.30. The third kappa shape index (κ3) is 11.9. The fraction of sp³-hybridized carbons (Fsp3) is 0.0625. The first-order chi connectivity index (χ1) is 41.5. The van der Waals surface area contributed by atoms with E-state index in [-0.39, 0.29) is 105 Å². The van der Waals surface area contributed by atoms with Crippen LogP contribution < -0.4 is 18.9 Å². The molecular formula is C64H36O22. The Kier molecular flexibility index (Phi) is 15.4. The molecular weight excluding hydrogens is 1120 g/mol. The third-order valence-corrected chi connectivity index (χ3v) is 13.2. The highest BCUT2D eigenvalue weighted by molar-refractivity contribution is 6.18. The van der Waals surface area contributed by atoms with E-state index in [9.17, 15) is 57.5 Å². The van der Waals surface area contributed by atoms with E-state index in [1.165, 1.54) is 72.8 Å². The minimum absolute atomic E-state index is 0.0115. The summed E-state index contributed by atoms with van der Waals surface area (Å²) in [4.78, 5) is 143. The molecule has 0 saturated heterocycles. The number of carbonyl (C=O) groups is 12. The van der Waals surface area contributed by atoms with Crippen LogP contribution in [0.25, 0.3) is 22.3 Å². The molecule has 0 amide bonds. The van der Waals surface area contributed by atoms with Crippen molar-refractivity contribution in [3.63, 3.8) is 0 Å². The number of fused-ring (bicyclic) bond motifs is 4. The smallest absolute Gasteiger partial charge is 0.346 e. The molecule has 0 aromatic heterocycles. The Morgan fingerprint density at radius 1 is 0.256 bits per heavy atom. The first kappa shape index (κ1) is 55.7. The zero-order chi connectivity index (χ0) is 60.2. The number of rotatable bonds is 16. The summed E-state index contributed by atoms with van der Waals surface area (Å²) >= 11 is 0. The van der Waals surface area contributed by atoms with Gasteiger partial charge in [-0.2, -0.15) is 0 Å². The van der Waals surface area contributed by atoms with Gasteiger partial charge in [-0.3, -0.25) is 0 Å². The molecule has 424 valence electrons.